The van der Waals surface area contributed by atoms with E-state index >= 15 is 0 Å². The van der Waals surface area contributed by atoms with Gasteiger partial charge >= 0.3 is 0 Å². The summed E-state index contributed by atoms with van der Waals surface area (Å²) in [6.45, 7) is 3.95. The van der Waals surface area contributed by atoms with E-state index in [-0.39, 0.29) is 35.9 Å². The Kier molecular flexibility index (Phi) is 4.56. The summed E-state index contributed by atoms with van der Waals surface area (Å²) in [5.74, 6) is 0.0301. The lowest BCUT2D eigenvalue weighted by Crippen LogP contribution is -2.48. The molecule has 5 rings (SSSR count). The van der Waals surface area contributed by atoms with Crippen LogP contribution in [0.1, 0.15) is 26.2 Å². The van der Waals surface area contributed by atoms with Gasteiger partial charge in [0.2, 0.25) is 11.8 Å². The highest BCUT2D eigenvalue weighted by atomic mass is 32.1. The van der Waals surface area contributed by atoms with Crippen LogP contribution in [0.5, 0.6) is 0 Å². The third-order valence-electron chi connectivity index (χ3n) is 5.44. The Hall–Kier alpha value is -2.15. The van der Waals surface area contributed by atoms with Crippen LogP contribution in [-0.2, 0) is 16.1 Å². The van der Waals surface area contributed by atoms with Crippen molar-refractivity contribution in [1.29, 1.82) is 0 Å². The number of fused-ring (bicyclic) bond motifs is 5. The number of carbonyl (C=O) groups excluding carboxylic acids is 2. The van der Waals surface area contributed by atoms with Crippen molar-refractivity contribution < 1.29 is 9.59 Å². The van der Waals surface area contributed by atoms with Gasteiger partial charge in [-0.15, -0.1) is 0 Å². The largest absolute Gasteiger partial charge is 0.338 e. The van der Waals surface area contributed by atoms with E-state index in [1.54, 1.807) is 11.0 Å². The minimum atomic E-state index is -0.111. The number of rotatable bonds is 4. The Balaban J connectivity index is 1.54. The Bertz CT molecular complexity index is 903. The first-order valence-electron chi connectivity index (χ1n) is 9.25. The number of nitrogens with zero attached hydrogens (tertiary/aromatic N) is 3. The van der Waals surface area contributed by atoms with Crippen molar-refractivity contribution in [3.63, 3.8) is 0 Å². The highest BCUT2D eigenvalue weighted by molar-refractivity contribution is 7.13. The van der Waals surface area contributed by atoms with Crippen LogP contribution in [0.15, 0.2) is 29.1 Å². The fraction of sp³-hybridized carbons (Fsp3) is 0.526. The first-order chi connectivity index (χ1) is 12.6. The minimum absolute atomic E-state index is 0.0551. The van der Waals surface area contributed by atoms with Gasteiger partial charge in [-0.25, -0.2) is 0 Å². The summed E-state index contributed by atoms with van der Waals surface area (Å²) in [6, 6.07) is 7.54. The van der Waals surface area contributed by atoms with Gasteiger partial charge in [-0.2, -0.15) is 0 Å². The fourth-order valence-electron chi connectivity index (χ4n) is 4.12. The standard InChI is InChI=1S/C19H23N3O3S/c1-2-9-21-14-8-7-13(18(21)24)10-20(11-14)17(23)12-22-19(25)15-5-3-4-6-16(15)26-22/h3-6,13-14H,2,7-12H2,1H3/t13-,14+/m1/s1. The van der Waals surface area contributed by atoms with Gasteiger partial charge in [-0.3, -0.25) is 18.3 Å². The number of hydrogen-bond acceptors (Lipinski definition) is 4. The molecule has 4 heterocycles. The maximum absolute atomic E-state index is 12.9. The van der Waals surface area contributed by atoms with Crippen molar-refractivity contribution in [3.05, 3.63) is 34.6 Å². The third-order valence-corrected chi connectivity index (χ3v) is 6.51. The van der Waals surface area contributed by atoms with E-state index in [2.05, 4.69) is 6.92 Å². The van der Waals surface area contributed by atoms with Crippen molar-refractivity contribution in [1.82, 2.24) is 13.8 Å². The van der Waals surface area contributed by atoms with E-state index < -0.39 is 0 Å². The van der Waals surface area contributed by atoms with Crippen LogP contribution in [-0.4, -0.2) is 51.2 Å². The second-order valence-electron chi connectivity index (χ2n) is 7.19. The van der Waals surface area contributed by atoms with Crippen LogP contribution < -0.4 is 5.56 Å². The summed E-state index contributed by atoms with van der Waals surface area (Å²) >= 11 is 1.33. The molecule has 0 aliphatic carbocycles. The van der Waals surface area contributed by atoms with Crippen molar-refractivity contribution in [2.45, 2.75) is 38.8 Å². The summed E-state index contributed by atoms with van der Waals surface area (Å²) in [6.07, 6.45) is 2.75. The van der Waals surface area contributed by atoms with Gasteiger partial charge < -0.3 is 9.80 Å². The quantitative estimate of drug-likeness (QED) is 0.823. The Morgan fingerprint density at radius 1 is 1.19 bits per heavy atom. The molecule has 6 nitrogen and oxygen atoms in total. The van der Waals surface area contributed by atoms with Crippen LogP contribution in [0.3, 0.4) is 0 Å². The van der Waals surface area contributed by atoms with Gasteiger partial charge in [-0.05, 0) is 31.4 Å². The van der Waals surface area contributed by atoms with Gasteiger partial charge in [0.25, 0.3) is 5.56 Å². The van der Waals surface area contributed by atoms with Crippen molar-refractivity contribution in [2.24, 2.45) is 5.92 Å². The number of benzene rings is 1. The number of piperidine rings is 1. The Morgan fingerprint density at radius 3 is 2.77 bits per heavy atom. The van der Waals surface area contributed by atoms with Crippen molar-refractivity contribution in [3.8, 4) is 0 Å². The molecule has 3 fully saturated rings. The molecule has 3 aliphatic rings. The normalized spacial score (nSPS) is 22.9. The molecule has 0 radical (unpaired) electrons. The molecule has 26 heavy (non-hydrogen) atoms. The minimum Gasteiger partial charge on any atom is -0.338 e. The lowest BCUT2D eigenvalue weighted by Gasteiger charge is -2.35. The van der Waals surface area contributed by atoms with E-state index in [4.69, 9.17) is 0 Å². The van der Waals surface area contributed by atoms with Crippen molar-refractivity contribution in [2.75, 3.05) is 19.6 Å². The van der Waals surface area contributed by atoms with Gasteiger partial charge in [0.05, 0.1) is 16.0 Å². The lowest BCUT2D eigenvalue weighted by atomic mass is 9.94. The lowest BCUT2D eigenvalue weighted by molar-refractivity contribution is -0.139. The number of carbonyl (C=O) groups is 2. The molecule has 0 unspecified atom stereocenters. The Labute approximate surface area is 156 Å². The molecule has 3 aliphatic heterocycles. The second-order valence-corrected chi connectivity index (χ2v) is 8.25. The first kappa shape index (κ1) is 17.3. The molecule has 1 aromatic carbocycles. The molecule has 2 atom stereocenters. The third kappa shape index (κ3) is 2.94. The van der Waals surface area contributed by atoms with E-state index in [1.807, 2.05) is 23.1 Å². The zero-order chi connectivity index (χ0) is 18.3. The molecule has 3 saturated heterocycles. The number of hydrogen-bond donors (Lipinski definition) is 0. The van der Waals surface area contributed by atoms with Crippen LogP contribution in [0, 0.1) is 5.92 Å². The molecule has 0 spiro atoms. The molecule has 1 aromatic heterocycles. The summed E-state index contributed by atoms with van der Waals surface area (Å²) in [7, 11) is 0. The van der Waals surface area contributed by atoms with Crippen molar-refractivity contribution >= 4 is 33.4 Å². The van der Waals surface area contributed by atoms with Crippen LogP contribution in [0.4, 0.5) is 0 Å². The highest BCUT2D eigenvalue weighted by Gasteiger charge is 2.41. The van der Waals surface area contributed by atoms with Gasteiger partial charge in [0.1, 0.15) is 6.54 Å². The number of amides is 2. The molecular formula is C19H23N3O3S. The molecule has 7 heteroatoms. The van der Waals surface area contributed by atoms with E-state index in [1.165, 1.54) is 15.5 Å². The smallest absolute Gasteiger partial charge is 0.268 e. The van der Waals surface area contributed by atoms with Crippen LogP contribution >= 0.6 is 11.5 Å². The predicted octanol–water partition coefficient (Wildman–Crippen LogP) is 1.92. The molecule has 2 aromatic rings. The fourth-order valence-corrected chi connectivity index (χ4v) is 5.11. The van der Waals surface area contributed by atoms with Crippen LogP contribution in [0.25, 0.3) is 10.1 Å². The summed E-state index contributed by atoms with van der Waals surface area (Å²) in [5, 5.41) is 0.658. The molecule has 0 saturated carbocycles. The SMILES string of the molecule is CCCN1C(=O)[C@@H]2CC[C@H]1CN(C(=O)Cn1sc3ccccc3c1=O)C2. The number of aromatic nitrogens is 1. The zero-order valence-corrected chi connectivity index (χ0v) is 15.7. The van der Waals surface area contributed by atoms with Crippen LogP contribution in [0.2, 0.25) is 0 Å². The molecular weight excluding hydrogens is 350 g/mol. The maximum Gasteiger partial charge on any atom is 0.268 e. The predicted molar refractivity (Wildman–Crippen MR) is 101 cm³/mol. The molecule has 138 valence electrons. The monoisotopic (exact) mass is 373 g/mol. The topological polar surface area (TPSA) is 62.6 Å². The van der Waals surface area contributed by atoms with E-state index in [9.17, 15) is 14.4 Å². The summed E-state index contributed by atoms with van der Waals surface area (Å²) in [4.78, 5) is 41.8. The highest BCUT2D eigenvalue weighted by Crippen LogP contribution is 2.29. The molecule has 0 N–H and O–H groups in total. The average Bonchev–Trinajstić information content (AvgIpc) is 2.79. The van der Waals surface area contributed by atoms with Gasteiger partial charge in [0, 0.05) is 25.7 Å². The summed E-state index contributed by atoms with van der Waals surface area (Å²) < 4.78 is 2.43. The Morgan fingerprint density at radius 2 is 2.00 bits per heavy atom. The molecule has 2 bridgehead atoms. The first-order valence-corrected chi connectivity index (χ1v) is 10.0. The average molecular weight is 373 g/mol. The second kappa shape index (κ2) is 6.87. The van der Waals surface area contributed by atoms with Gasteiger partial charge in [0.15, 0.2) is 0 Å². The van der Waals surface area contributed by atoms with E-state index in [0.29, 0.717) is 18.5 Å². The molecule has 2 amide bonds. The van der Waals surface area contributed by atoms with E-state index in [0.717, 1.165) is 30.5 Å². The summed E-state index contributed by atoms with van der Waals surface area (Å²) in [5.41, 5.74) is -0.111. The maximum atomic E-state index is 12.9. The zero-order valence-electron chi connectivity index (χ0n) is 14.9. The van der Waals surface area contributed by atoms with Gasteiger partial charge in [-0.1, -0.05) is 30.6 Å².